The van der Waals surface area contributed by atoms with Gasteiger partial charge in [0.25, 0.3) is 10.0 Å². The fourth-order valence-corrected chi connectivity index (χ4v) is 3.75. The highest BCUT2D eigenvalue weighted by Crippen LogP contribution is 2.27. The SMILES string of the molecule is Cc1c(N)cc(Br)cc1S(=O)(=O)Nc1ccc(Br)cn1. The third-order valence-corrected chi connectivity index (χ3v) is 5.03. The van der Waals surface area contributed by atoms with Crippen molar-refractivity contribution < 1.29 is 8.42 Å². The van der Waals surface area contributed by atoms with Crippen molar-refractivity contribution in [3.63, 3.8) is 0 Å². The number of benzene rings is 1. The lowest BCUT2D eigenvalue weighted by Crippen LogP contribution is -2.15. The molecular formula is C12H11Br2N3O2S. The number of hydrogen-bond donors (Lipinski definition) is 2. The van der Waals surface area contributed by atoms with Gasteiger partial charge < -0.3 is 5.73 Å². The van der Waals surface area contributed by atoms with E-state index in [0.717, 1.165) is 4.47 Å². The molecule has 5 nitrogen and oxygen atoms in total. The molecule has 2 rings (SSSR count). The first-order chi connectivity index (χ1) is 9.29. The number of nitrogens with zero attached hydrogens (tertiary/aromatic N) is 1. The minimum Gasteiger partial charge on any atom is -0.398 e. The van der Waals surface area contributed by atoms with Crippen molar-refractivity contribution in [1.82, 2.24) is 4.98 Å². The summed E-state index contributed by atoms with van der Waals surface area (Å²) in [5, 5.41) is 0. The van der Waals surface area contributed by atoms with Crippen molar-refractivity contribution in [2.75, 3.05) is 10.5 Å². The van der Waals surface area contributed by atoms with Crippen LogP contribution in [0.25, 0.3) is 0 Å². The topological polar surface area (TPSA) is 85.1 Å². The molecule has 1 heterocycles. The Balaban J connectivity index is 2.43. The van der Waals surface area contributed by atoms with E-state index in [0.29, 0.717) is 15.7 Å². The first-order valence-electron chi connectivity index (χ1n) is 5.49. The van der Waals surface area contributed by atoms with Crippen LogP contribution < -0.4 is 10.5 Å². The maximum atomic E-state index is 12.4. The van der Waals surface area contributed by atoms with E-state index in [2.05, 4.69) is 41.6 Å². The quantitative estimate of drug-likeness (QED) is 0.746. The molecule has 0 aliphatic carbocycles. The molecule has 0 saturated heterocycles. The fourth-order valence-electron chi connectivity index (χ4n) is 1.58. The zero-order valence-corrected chi connectivity index (χ0v) is 14.4. The van der Waals surface area contributed by atoms with E-state index >= 15 is 0 Å². The van der Waals surface area contributed by atoms with Crippen LogP contribution in [0.3, 0.4) is 0 Å². The van der Waals surface area contributed by atoms with Gasteiger partial charge in [0.1, 0.15) is 5.82 Å². The van der Waals surface area contributed by atoms with Gasteiger partial charge in [0.2, 0.25) is 0 Å². The lowest BCUT2D eigenvalue weighted by atomic mass is 10.2. The largest absolute Gasteiger partial charge is 0.398 e. The van der Waals surface area contributed by atoms with E-state index in [4.69, 9.17) is 5.73 Å². The van der Waals surface area contributed by atoms with E-state index in [9.17, 15) is 8.42 Å². The molecule has 1 aromatic heterocycles. The van der Waals surface area contributed by atoms with E-state index in [1.807, 2.05) is 0 Å². The number of rotatable bonds is 3. The second-order valence-electron chi connectivity index (χ2n) is 4.09. The predicted octanol–water partition coefficient (Wildman–Crippen LogP) is 3.30. The van der Waals surface area contributed by atoms with Crippen LogP contribution in [0, 0.1) is 6.92 Å². The lowest BCUT2D eigenvalue weighted by molar-refractivity contribution is 0.600. The molecule has 1 aromatic carbocycles. The Morgan fingerprint density at radius 2 is 1.90 bits per heavy atom. The van der Waals surface area contributed by atoms with Crippen molar-refractivity contribution in [2.24, 2.45) is 0 Å². The highest BCUT2D eigenvalue weighted by Gasteiger charge is 2.19. The molecule has 0 unspecified atom stereocenters. The minimum atomic E-state index is -3.74. The van der Waals surface area contributed by atoms with Crippen LogP contribution in [0.2, 0.25) is 0 Å². The van der Waals surface area contributed by atoms with E-state index in [1.165, 1.54) is 12.3 Å². The fraction of sp³-hybridized carbons (Fsp3) is 0.0833. The summed E-state index contributed by atoms with van der Waals surface area (Å²) in [5.41, 5.74) is 6.69. The molecule has 2 aromatic rings. The van der Waals surface area contributed by atoms with E-state index in [-0.39, 0.29) is 10.7 Å². The Bertz CT molecular complexity index is 746. The van der Waals surface area contributed by atoms with Gasteiger partial charge in [-0.3, -0.25) is 4.72 Å². The summed E-state index contributed by atoms with van der Waals surface area (Å²) in [4.78, 5) is 4.10. The molecule has 0 fully saturated rings. The first-order valence-corrected chi connectivity index (χ1v) is 8.56. The number of anilines is 2. The average molecular weight is 421 g/mol. The summed E-state index contributed by atoms with van der Waals surface area (Å²) >= 11 is 6.48. The van der Waals surface area contributed by atoms with Crippen LogP contribution in [-0.2, 0) is 10.0 Å². The third-order valence-electron chi connectivity index (χ3n) is 2.62. The van der Waals surface area contributed by atoms with Gasteiger partial charge in [-0.25, -0.2) is 13.4 Å². The first kappa shape index (κ1) is 15.3. The second-order valence-corrected chi connectivity index (χ2v) is 7.57. The van der Waals surface area contributed by atoms with Crippen molar-refractivity contribution in [1.29, 1.82) is 0 Å². The molecule has 0 aliphatic heterocycles. The molecule has 0 spiro atoms. The van der Waals surface area contributed by atoms with Gasteiger partial charge in [0.15, 0.2) is 0 Å². The third kappa shape index (κ3) is 3.31. The number of aromatic nitrogens is 1. The van der Waals surface area contributed by atoms with Gasteiger partial charge in [-0.2, -0.15) is 0 Å². The molecule has 3 N–H and O–H groups in total. The van der Waals surface area contributed by atoms with Gasteiger partial charge >= 0.3 is 0 Å². The molecule has 0 aliphatic rings. The minimum absolute atomic E-state index is 0.120. The zero-order chi connectivity index (χ0) is 14.9. The molecule has 0 saturated carbocycles. The number of nitrogens with two attached hydrogens (primary N) is 1. The number of pyridine rings is 1. The lowest BCUT2D eigenvalue weighted by Gasteiger charge is -2.12. The molecule has 0 atom stereocenters. The summed E-state index contributed by atoms with van der Waals surface area (Å²) in [7, 11) is -3.74. The highest BCUT2D eigenvalue weighted by molar-refractivity contribution is 9.10. The Labute approximate surface area is 133 Å². The molecule has 106 valence electrons. The van der Waals surface area contributed by atoms with Crippen molar-refractivity contribution in [3.05, 3.63) is 45.0 Å². The molecule has 20 heavy (non-hydrogen) atoms. The van der Waals surface area contributed by atoms with Crippen LogP contribution in [0.15, 0.2) is 44.3 Å². The Morgan fingerprint density at radius 3 is 2.50 bits per heavy atom. The number of sulfonamides is 1. The van der Waals surface area contributed by atoms with Crippen LogP contribution in [-0.4, -0.2) is 13.4 Å². The van der Waals surface area contributed by atoms with Crippen molar-refractivity contribution in [2.45, 2.75) is 11.8 Å². The van der Waals surface area contributed by atoms with Crippen LogP contribution in [0.5, 0.6) is 0 Å². The van der Waals surface area contributed by atoms with Crippen molar-refractivity contribution >= 4 is 53.4 Å². The van der Waals surface area contributed by atoms with E-state index in [1.54, 1.807) is 25.1 Å². The molecule has 8 heteroatoms. The average Bonchev–Trinajstić information content (AvgIpc) is 2.36. The molecule has 0 amide bonds. The van der Waals surface area contributed by atoms with Gasteiger partial charge in [0, 0.05) is 20.8 Å². The molecule has 0 radical (unpaired) electrons. The summed E-state index contributed by atoms with van der Waals surface area (Å²) in [6.07, 6.45) is 1.51. The predicted molar refractivity (Wildman–Crippen MR) is 86.0 cm³/mol. The molecular weight excluding hydrogens is 410 g/mol. The zero-order valence-electron chi connectivity index (χ0n) is 10.4. The van der Waals surface area contributed by atoms with Gasteiger partial charge in [-0.1, -0.05) is 15.9 Å². The monoisotopic (exact) mass is 419 g/mol. The van der Waals surface area contributed by atoms with Crippen LogP contribution in [0.1, 0.15) is 5.56 Å². The molecule has 0 bridgehead atoms. The number of nitrogens with one attached hydrogen (secondary N) is 1. The van der Waals surface area contributed by atoms with Crippen molar-refractivity contribution in [3.8, 4) is 0 Å². The summed E-state index contributed by atoms with van der Waals surface area (Å²) in [6.45, 7) is 1.66. The smallest absolute Gasteiger partial charge is 0.263 e. The number of halogens is 2. The summed E-state index contributed by atoms with van der Waals surface area (Å²) in [5.74, 6) is 0.242. The Hall–Kier alpha value is -1.12. The standard InChI is InChI=1S/C12H11Br2N3O2S/c1-7-10(15)4-9(14)5-11(7)20(18,19)17-12-3-2-8(13)6-16-12/h2-6H,15H2,1H3,(H,16,17). The normalized spacial score (nSPS) is 11.3. The van der Waals surface area contributed by atoms with Gasteiger partial charge in [-0.05, 0) is 52.7 Å². The van der Waals surface area contributed by atoms with Crippen LogP contribution >= 0.6 is 31.9 Å². The second kappa shape index (κ2) is 5.71. The van der Waals surface area contributed by atoms with Gasteiger partial charge in [-0.15, -0.1) is 0 Å². The Kier molecular flexibility index (Phi) is 4.36. The van der Waals surface area contributed by atoms with E-state index < -0.39 is 10.0 Å². The maximum absolute atomic E-state index is 12.4. The number of nitrogen functional groups attached to an aromatic ring is 1. The maximum Gasteiger partial charge on any atom is 0.263 e. The van der Waals surface area contributed by atoms with Crippen LogP contribution in [0.4, 0.5) is 11.5 Å². The summed E-state index contributed by atoms with van der Waals surface area (Å²) in [6, 6.07) is 6.43. The number of hydrogen-bond acceptors (Lipinski definition) is 4. The highest BCUT2D eigenvalue weighted by atomic mass is 79.9. The Morgan fingerprint density at radius 1 is 1.20 bits per heavy atom. The summed E-state index contributed by atoms with van der Waals surface area (Å²) < 4.78 is 28.5. The van der Waals surface area contributed by atoms with Gasteiger partial charge in [0.05, 0.1) is 4.90 Å².